The molecule has 11 heteroatoms. The third kappa shape index (κ3) is 4.11. The minimum Gasteiger partial charge on any atom is -0.310 e. The Balaban J connectivity index is 1.45. The second kappa shape index (κ2) is 9.20. The molecule has 0 saturated heterocycles. The fourth-order valence-corrected chi connectivity index (χ4v) is 5.27. The first-order chi connectivity index (χ1) is 16.5. The van der Waals surface area contributed by atoms with Crippen molar-refractivity contribution in [3.63, 3.8) is 0 Å². The zero-order valence-electron chi connectivity index (χ0n) is 18.1. The number of amides is 1. The number of benzene rings is 1. The molecule has 9 nitrogen and oxygen atoms in total. The second-order valence-electron chi connectivity index (χ2n) is 7.34. The van der Waals surface area contributed by atoms with E-state index in [-0.39, 0.29) is 22.0 Å². The molecule has 170 valence electrons. The lowest BCUT2D eigenvalue weighted by molar-refractivity contribution is 0.102. The van der Waals surface area contributed by atoms with Gasteiger partial charge in [0.25, 0.3) is 11.5 Å². The van der Waals surface area contributed by atoms with Crippen LogP contribution in [0, 0.1) is 5.41 Å². The minimum atomic E-state index is -0.526. The molecule has 0 spiro atoms. The second-order valence-corrected chi connectivity index (χ2v) is 9.54. The number of nitrogens with zero attached hydrogens (tertiary/aromatic N) is 5. The van der Waals surface area contributed by atoms with Crippen LogP contribution < -0.4 is 16.4 Å². The number of thioether (sulfide) groups is 1. The molecule has 0 aliphatic heterocycles. The SMILES string of the molecule is CCn1c(=N)c(C(=O)Nc2nnc(SCc3ccccc3)s2)cc2c(=O)n3ccccc3nc21. The first-order valence-electron chi connectivity index (χ1n) is 10.5. The third-order valence-corrected chi connectivity index (χ3v) is 7.25. The Morgan fingerprint density at radius 1 is 1.15 bits per heavy atom. The van der Waals surface area contributed by atoms with Gasteiger partial charge in [-0.1, -0.05) is 59.5 Å². The minimum absolute atomic E-state index is 0.0251. The maximum Gasteiger partial charge on any atom is 0.267 e. The Bertz CT molecular complexity index is 1640. The van der Waals surface area contributed by atoms with Crippen LogP contribution in [0.3, 0.4) is 0 Å². The first-order valence-corrected chi connectivity index (χ1v) is 12.3. The van der Waals surface area contributed by atoms with Gasteiger partial charge in [-0.2, -0.15) is 0 Å². The molecular weight excluding hydrogens is 470 g/mol. The van der Waals surface area contributed by atoms with E-state index in [1.807, 2.05) is 37.3 Å². The van der Waals surface area contributed by atoms with E-state index in [2.05, 4.69) is 20.5 Å². The van der Waals surface area contributed by atoms with Crippen molar-refractivity contribution in [2.45, 2.75) is 23.6 Å². The van der Waals surface area contributed by atoms with Crippen molar-refractivity contribution in [1.29, 1.82) is 5.41 Å². The number of aromatic nitrogens is 5. The van der Waals surface area contributed by atoms with E-state index in [0.29, 0.717) is 23.0 Å². The Labute approximate surface area is 201 Å². The number of aryl methyl sites for hydroxylation is 1. The molecule has 4 aromatic heterocycles. The van der Waals surface area contributed by atoms with Gasteiger partial charge in [0.15, 0.2) is 4.34 Å². The summed E-state index contributed by atoms with van der Waals surface area (Å²) in [6, 6.07) is 16.7. The smallest absolute Gasteiger partial charge is 0.267 e. The molecule has 0 aliphatic rings. The zero-order chi connectivity index (χ0) is 23.7. The van der Waals surface area contributed by atoms with Crippen LogP contribution in [0.2, 0.25) is 0 Å². The lowest BCUT2D eigenvalue weighted by Gasteiger charge is -2.12. The van der Waals surface area contributed by atoms with Gasteiger partial charge in [-0.15, -0.1) is 10.2 Å². The van der Waals surface area contributed by atoms with Gasteiger partial charge in [-0.3, -0.25) is 24.7 Å². The number of carbonyl (C=O) groups is 1. The normalized spacial score (nSPS) is 11.2. The van der Waals surface area contributed by atoms with Crippen molar-refractivity contribution in [2.75, 3.05) is 5.32 Å². The molecule has 5 rings (SSSR count). The predicted octanol–water partition coefficient (Wildman–Crippen LogP) is 3.54. The molecule has 34 heavy (non-hydrogen) atoms. The predicted molar refractivity (Wildman–Crippen MR) is 132 cm³/mol. The van der Waals surface area contributed by atoms with Gasteiger partial charge in [0.05, 0.1) is 10.9 Å². The van der Waals surface area contributed by atoms with Crippen LogP contribution in [-0.2, 0) is 12.3 Å². The quantitative estimate of drug-likeness (QED) is 0.214. The van der Waals surface area contributed by atoms with E-state index < -0.39 is 5.91 Å². The van der Waals surface area contributed by atoms with Crippen LogP contribution in [0.15, 0.2) is 69.9 Å². The van der Waals surface area contributed by atoms with Crippen LogP contribution in [0.5, 0.6) is 0 Å². The average Bonchev–Trinajstić information content (AvgIpc) is 3.30. The lowest BCUT2D eigenvalue weighted by Crippen LogP contribution is -2.31. The van der Waals surface area contributed by atoms with E-state index >= 15 is 0 Å². The van der Waals surface area contributed by atoms with E-state index in [9.17, 15) is 9.59 Å². The van der Waals surface area contributed by atoms with Crippen LogP contribution >= 0.6 is 23.1 Å². The standard InChI is InChI=1S/C23H19N7O2S2/c1-2-29-18(24)15(12-16-19(29)25-17-10-6-7-11-30(17)21(16)32)20(31)26-22-27-28-23(34-22)33-13-14-8-4-3-5-9-14/h3-12,24H,2,13H2,1H3,(H,26,27,31). The van der Waals surface area contributed by atoms with Gasteiger partial charge >= 0.3 is 0 Å². The maximum atomic E-state index is 13.1. The van der Waals surface area contributed by atoms with Gasteiger partial charge < -0.3 is 4.57 Å². The molecular formula is C23H19N7O2S2. The topological polar surface area (TPSA) is 118 Å². The highest BCUT2D eigenvalue weighted by Crippen LogP contribution is 2.28. The summed E-state index contributed by atoms with van der Waals surface area (Å²) in [6.07, 6.45) is 1.63. The number of anilines is 1. The maximum absolute atomic E-state index is 13.1. The van der Waals surface area contributed by atoms with Gasteiger partial charge in [-0.25, -0.2) is 4.98 Å². The largest absolute Gasteiger partial charge is 0.310 e. The van der Waals surface area contributed by atoms with Crippen molar-refractivity contribution >= 4 is 50.8 Å². The molecule has 0 unspecified atom stereocenters. The van der Waals surface area contributed by atoms with Crippen molar-refractivity contribution in [1.82, 2.24) is 24.1 Å². The van der Waals surface area contributed by atoms with Crippen LogP contribution in [0.4, 0.5) is 5.13 Å². The molecule has 5 aromatic rings. The van der Waals surface area contributed by atoms with E-state index in [0.717, 1.165) is 10.1 Å². The fourth-order valence-electron chi connectivity index (χ4n) is 3.57. The Morgan fingerprint density at radius 3 is 2.74 bits per heavy atom. The number of fused-ring (bicyclic) bond motifs is 2. The lowest BCUT2D eigenvalue weighted by atomic mass is 10.2. The van der Waals surface area contributed by atoms with E-state index in [4.69, 9.17) is 5.41 Å². The van der Waals surface area contributed by atoms with Gasteiger partial charge in [0, 0.05) is 18.5 Å². The zero-order valence-corrected chi connectivity index (χ0v) is 19.7. The van der Waals surface area contributed by atoms with E-state index in [1.165, 1.54) is 39.1 Å². The van der Waals surface area contributed by atoms with Crippen molar-refractivity contribution in [3.8, 4) is 0 Å². The molecule has 2 N–H and O–H groups in total. The number of hydrogen-bond acceptors (Lipinski definition) is 8. The number of hydrogen-bond donors (Lipinski definition) is 2. The Kier molecular flexibility index (Phi) is 5.95. The van der Waals surface area contributed by atoms with Crippen molar-refractivity contribution in [3.05, 3.63) is 87.8 Å². The average molecular weight is 490 g/mol. The van der Waals surface area contributed by atoms with Gasteiger partial charge in [0.1, 0.15) is 16.8 Å². The van der Waals surface area contributed by atoms with Crippen molar-refractivity contribution < 1.29 is 4.79 Å². The third-order valence-electron chi connectivity index (χ3n) is 5.21. The number of carbonyl (C=O) groups excluding carboxylic acids is 1. The summed E-state index contributed by atoms with van der Waals surface area (Å²) in [6.45, 7) is 2.22. The molecule has 1 aromatic carbocycles. The van der Waals surface area contributed by atoms with Crippen LogP contribution in [0.25, 0.3) is 16.7 Å². The van der Waals surface area contributed by atoms with Gasteiger partial charge in [-0.05, 0) is 30.7 Å². The summed E-state index contributed by atoms with van der Waals surface area (Å²) >= 11 is 2.79. The molecule has 0 bridgehead atoms. The Morgan fingerprint density at radius 2 is 1.94 bits per heavy atom. The molecule has 0 saturated carbocycles. The number of rotatable bonds is 6. The van der Waals surface area contributed by atoms with Crippen LogP contribution in [0.1, 0.15) is 22.8 Å². The monoisotopic (exact) mass is 489 g/mol. The highest BCUT2D eigenvalue weighted by molar-refractivity contribution is 8.00. The molecule has 0 radical (unpaired) electrons. The summed E-state index contributed by atoms with van der Waals surface area (Å²) in [5.41, 5.74) is 1.76. The molecule has 0 atom stereocenters. The Hall–Kier alpha value is -3.83. The number of nitrogens with one attached hydrogen (secondary N) is 2. The van der Waals surface area contributed by atoms with E-state index in [1.54, 1.807) is 29.0 Å². The summed E-state index contributed by atoms with van der Waals surface area (Å²) < 4.78 is 3.70. The summed E-state index contributed by atoms with van der Waals surface area (Å²) in [5.74, 6) is 0.217. The van der Waals surface area contributed by atoms with Crippen molar-refractivity contribution in [2.24, 2.45) is 0 Å². The molecule has 0 aliphatic carbocycles. The highest BCUT2D eigenvalue weighted by Gasteiger charge is 2.18. The highest BCUT2D eigenvalue weighted by atomic mass is 32.2. The van der Waals surface area contributed by atoms with Crippen LogP contribution in [-0.4, -0.2) is 30.1 Å². The van der Waals surface area contributed by atoms with Gasteiger partial charge in [0.2, 0.25) is 5.13 Å². The molecule has 0 fully saturated rings. The molecule has 4 heterocycles. The summed E-state index contributed by atoms with van der Waals surface area (Å²) in [4.78, 5) is 30.7. The fraction of sp³-hybridized carbons (Fsp3) is 0.130. The first kappa shape index (κ1) is 22.0. The summed E-state index contributed by atoms with van der Waals surface area (Å²) in [7, 11) is 0. The molecule has 1 amide bonds. The number of pyridine rings is 2. The summed E-state index contributed by atoms with van der Waals surface area (Å²) in [5, 5.41) is 20.1.